The van der Waals surface area contributed by atoms with Crippen LogP contribution in [0.3, 0.4) is 0 Å². The Morgan fingerprint density at radius 3 is 2.47 bits per heavy atom. The molecule has 0 aliphatic carbocycles. The fourth-order valence-corrected chi connectivity index (χ4v) is 2.44. The molecule has 1 aromatic rings. The van der Waals surface area contributed by atoms with Crippen molar-refractivity contribution in [1.82, 2.24) is 5.32 Å². The normalized spacial score (nSPS) is 10.4. The van der Waals surface area contributed by atoms with Gasteiger partial charge in [-0.1, -0.05) is 65.3 Å². The van der Waals surface area contributed by atoms with Gasteiger partial charge in [-0.25, -0.2) is 0 Å². The third kappa shape index (κ3) is 8.24. The predicted octanol–water partition coefficient (Wildman–Crippen LogP) is 4.04. The van der Waals surface area contributed by atoms with Gasteiger partial charge in [0.1, 0.15) is 0 Å². The van der Waals surface area contributed by atoms with Gasteiger partial charge in [-0.05, 0) is 36.2 Å². The van der Waals surface area contributed by atoms with Gasteiger partial charge in [0, 0.05) is 13.0 Å². The van der Waals surface area contributed by atoms with Gasteiger partial charge in [0.05, 0.1) is 0 Å². The molecule has 0 spiro atoms. The Labute approximate surface area is 130 Å². The summed E-state index contributed by atoms with van der Waals surface area (Å²) in [6.07, 6.45) is 6.33. The van der Waals surface area contributed by atoms with Crippen molar-refractivity contribution in [2.75, 3.05) is 11.0 Å². The van der Waals surface area contributed by atoms with Crippen LogP contribution in [0.5, 0.6) is 0 Å². The summed E-state index contributed by atoms with van der Waals surface area (Å²) in [5, 5.41) is 3.00. The number of hydrogen-bond acceptors (Lipinski definition) is 1. The molecule has 0 fully saturated rings. The number of halogens is 1. The average molecular weight is 373 g/mol. The molecule has 1 N–H and O–H groups in total. The van der Waals surface area contributed by atoms with E-state index in [0.29, 0.717) is 6.42 Å². The van der Waals surface area contributed by atoms with Crippen LogP contribution in [0, 0.1) is 6.92 Å². The Kier molecular flexibility index (Phi) is 8.88. The van der Waals surface area contributed by atoms with Crippen LogP contribution in [0.25, 0.3) is 0 Å². The highest BCUT2D eigenvalue weighted by Crippen LogP contribution is 2.06. The van der Waals surface area contributed by atoms with E-state index in [4.69, 9.17) is 0 Å². The van der Waals surface area contributed by atoms with Crippen LogP contribution < -0.4 is 5.32 Å². The lowest BCUT2D eigenvalue weighted by atomic mass is 10.1. The molecular formula is C16H24INO. The van der Waals surface area contributed by atoms with Crippen LogP contribution in [0.2, 0.25) is 0 Å². The molecule has 0 saturated carbocycles. The molecule has 106 valence electrons. The summed E-state index contributed by atoms with van der Waals surface area (Å²) in [6.45, 7) is 2.91. The van der Waals surface area contributed by atoms with Gasteiger partial charge in [0.25, 0.3) is 0 Å². The second-order valence-corrected chi connectivity index (χ2v) is 6.02. The predicted molar refractivity (Wildman–Crippen MR) is 89.9 cm³/mol. The van der Waals surface area contributed by atoms with E-state index in [-0.39, 0.29) is 5.91 Å². The summed E-state index contributed by atoms with van der Waals surface area (Å²) in [4.78, 5) is 11.7. The number of alkyl halides is 1. The highest BCUT2D eigenvalue weighted by molar-refractivity contribution is 14.1. The maximum Gasteiger partial charge on any atom is 0.220 e. The lowest BCUT2D eigenvalue weighted by Gasteiger charge is -2.05. The standard InChI is InChI=1S/C16H24INO/c1-14-6-8-15(9-7-14)10-11-16(19)18-13-5-3-2-4-12-17/h6-9H,2-5,10-13H2,1H3,(H,18,19). The topological polar surface area (TPSA) is 29.1 Å². The van der Waals surface area contributed by atoms with E-state index in [9.17, 15) is 4.79 Å². The Morgan fingerprint density at radius 2 is 1.79 bits per heavy atom. The molecule has 0 aliphatic heterocycles. The van der Waals surface area contributed by atoms with Gasteiger partial charge < -0.3 is 5.32 Å². The second-order valence-electron chi connectivity index (χ2n) is 4.94. The van der Waals surface area contributed by atoms with Crippen LogP contribution in [-0.4, -0.2) is 16.9 Å². The van der Waals surface area contributed by atoms with E-state index in [2.05, 4.69) is 59.1 Å². The largest absolute Gasteiger partial charge is 0.356 e. The van der Waals surface area contributed by atoms with Gasteiger partial charge in [-0.15, -0.1) is 0 Å². The lowest BCUT2D eigenvalue weighted by molar-refractivity contribution is -0.121. The molecule has 0 atom stereocenters. The summed E-state index contributed by atoms with van der Waals surface area (Å²) in [5.74, 6) is 0.175. The second kappa shape index (κ2) is 10.2. The first kappa shape index (κ1) is 16.5. The van der Waals surface area contributed by atoms with Crippen molar-refractivity contribution in [3.05, 3.63) is 35.4 Å². The molecule has 0 saturated heterocycles. The van der Waals surface area contributed by atoms with Crippen molar-refractivity contribution >= 4 is 28.5 Å². The van der Waals surface area contributed by atoms with E-state index in [1.165, 1.54) is 34.8 Å². The molecule has 0 aliphatic rings. The zero-order chi connectivity index (χ0) is 13.9. The summed E-state index contributed by atoms with van der Waals surface area (Å²) < 4.78 is 1.24. The zero-order valence-corrected chi connectivity index (χ0v) is 13.9. The molecule has 0 heterocycles. The number of benzene rings is 1. The van der Waals surface area contributed by atoms with Crippen LogP contribution in [-0.2, 0) is 11.2 Å². The maximum absolute atomic E-state index is 11.7. The fraction of sp³-hybridized carbons (Fsp3) is 0.562. The minimum atomic E-state index is 0.175. The van der Waals surface area contributed by atoms with Gasteiger partial charge in [-0.3, -0.25) is 4.79 Å². The number of aryl methyl sites for hydroxylation is 2. The van der Waals surface area contributed by atoms with E-state index < -0.39 is 0 Å². The van der Waals surface area contributed by atoms with Crippen molar-refractivity contribution in [3.8, 4) is 0 Å². The quantitative estimate of drug-likeness (QED) is 0.395. The lowest BCUT2D eigenvalue weighted by Crippen LogP contribution is -2.24. The summed E-state index contributed by atoms with van der Waals surface area (Å²) >= 11 is 2.41. The summed E-state index contributed by atoms with van der Waals surface area (Å²) in [5.41, 5.74) is 2.50. The number of carbonyl (C=O) groups is 1. The first-order chi connectivity index (χ1) is 9.22. The minimum Gasteiger partial charge on any atom is -0.356 e. The first-order valence-electron chi connectivity index (χ1n) is 7.10. The highest BCUT2D eigenvalue weighted by Gasteiger charge is 2.01. The van der Waals surface area contributed by atoms with E-state index >= 15 is 0 Å². The number of unbranched alkanes of at least 4 members (excludes halogenated alkanes) is 3. The zero-order valence-electron chi connectivity index (χ0n) is 11.8. The molecule has 3 heteroatoms. The van der Waals surface area contributed by atoms with Crippen molar-refractivity contribution in [3.63, 3.8) is 0 Å². The van der Waals surface area contributed by atoms with Gasteiger partial charge in [0.15, 0.2) is 0 Å². The SMILES string of the molecule is Cc1ccc(CCC(=O)NCCCCCCI)cc1. The summed E-state index contributed by atoms with van der Waals surface area (Å²) in [7, 11) is 0. The number of amides is 1. The Balaban J connectivity index is 2.06. The average Bonchev–Trinajstić information content (AvgIpc) is 2.42. The van der Waals surface area contributed by atoms with Crippen LogP contribution in [0.15, 0.2) is 24.3 Å². The molecule has 1 aromatic carbocycles. The Hall–Kier alpha value is -0.580. The van der Waals surface area contributed by atoms with Crippen molar-refractivity contribution in [2.24, 2.45) is 0 Å². The third-order valence-electron chi connectivity index (χ3n) is 3.14. The van der Waals surface area contributed by atoms with Crippen molar-refractivity contribution in [1.29, 1.82) is 0 Å². The van der Waals surface area contributed by atoms with Gasteiger partial charge in [-0.2, -0.15) is 0 Å². The molecule has 1 rings (SSSR count). The van der Waals surface area contributed by atoms with Crippen LogP contribution >= 0.6 is 22.6 Å². The third-order valence-corrected chi connectivity index (χ3v) is 3.91. The van der Waals surface area contributed by atoms with Crippen molar-refractivity contribution in [2.45, 2.75) is 45.4 Å². The minimum absolute atomic E-state index is 0.175. The molecule has 0 aromatic heterocycles. The van der Waals surface area contributed by atoms with E-state index in [0.717, 1.165) is 19.4 Å². The molecule has 2 nitrogen and oxygen atoms in total. The number of rotatable bonds is 9. The Morgan fingerprint density at radius 1 is 1.11 bits per heavy atom. The molecule has 0 bridgehead atoms. The molecule has 0 unspecified atom stereocenters. The first-order valence-corrected chi connectivity index (χ1v) is 8.63. The van der Waals surface area contributed by atoms with E-state index in [1.807, 2.05) is 0 Å². The summed E-state index contributed by atoms with van der Waals surface area (Å²) in [6, 6.07) is 8.40. The molecule has 19 heavy (non-hydrogen) atoms. The van der Waals surface area contributed by atoms with Gasteiger partial charge >= 0.3 is 0 Å². The Bertz CT molecular complexity index is 362. The maximum atomic E-state index is 11.7. The molecular weight excluding hydrogens is 349 g/mol. The van der Waals surface area contributed by atoms with Gasteiger partial charge in [0.2, 0.25) is 5.91 Å². The van der Waals surface area contributed by atoms with E-state index in [1.54, 1.807) is 0 Å². The number of nitrogens with one attached hydrogen (secondary N) is 1. The number of hydrogen-bond donors (Lipinski definition) is 1. The highest BCUT2D eigenvalue weighted by atomic mass is 127. The van der Waals surface area contributed by atoms with Crippen molar-refractivity contribution < 1.29 is 4.79 Å². The van der Waals surface area contributed by atoms with Crippen LogP contribution in [0.4, 0.5) is 0 Å². The monoisotopic (exact) mass is 373 g/mol. The molecule has 0 radical (unpaired) electrons. The molecule has 1 amide bonds. The van der Waals surface area contributed by atoms with Crippen LogP contribution in [0.1, 0.15) is 43.2 Å². The number of carbonyl (C=O) groups excluding carboxylic acids is 1. The fourth-order valence-electron chi connectivity index (χ4n) is 1.90. The smallest absolute Gasteiger partial charge is 0.220 e.